The van der Waals surface area contributed by atoms with Crippen LogP contribution in [0.25, 0.3) is 0 Å². The molecular formula is C25H22FN5O4. The van der Waals surface area contributed by atoms with Crippen molar-refractivity contribution in [1.82, 2.24) is 15.1 Å². The Hall–Kier alpha value is -4.26. The summed E-state index contributed by atoms with van der Waals surface area (Å²) in [5, 5.41) is 11.5. The highest BCUT2D eigenvalue weighted by Crippen LogP contribution is 2.33. The van der Waals surface area contributed by atoms with Crippen molar-refractivity contribution in [3.63, 3.8) is 0 Å². The van der Waals surface area contributed by atoms with Gasteiger partial charge in [0.2, 0.25) is 11.8 Å². The Kier molecular flexibility index (Phi) is 5.68. The number of anilines is 1. The molecule has 5 rings (SSSR count). The molecule has 0 aliphatic carbocycles. The number of halogens is 1. The zero-order valence-corrected chi connectivity index (χ0v) is 18.8. The smallest absolute Gasteiger partial charge is 0.255 e. The summed E-state index contributed by atoms with van der Waals surface area (Å²) >= 11 is 0. The van der Waals surface area contributed by atoms with Crippen LogP contribution in [0.3, 0.4) is 0 Å². The van der Waals surface area contributed by atoms with Crippen molar-refractivity contribution >= 4 is 29.3 Å². The van der Waals surface area contributed by atoms with E-state index in [2.05, 4.69) is 5.32 Å². The fraction of sp³-hybridized carbons (Fsp3) is 0.320. The SMILES string of the molecule is N#Cc1ccccc1C(=O)N1CCN(c2cc3c(cc2F)C(=O)N(C2CCC(=O)NC2=O)C3)CC1. The molecule has 0 spiro atoms. The molecule has 0 aromatic heterocycles. The van der Waals surface area contributed by atoms with E-state index in [0.29, 0.717) is 48.6 Å². The van der Waals surface area contributed by atoms with Crippen LogP contribution in [0.1, 0.15) is 44.7 Å². The Morgan fingerprint density at radius 3 is 2.54 bits per heavy atom. The Bertz CT molecular complexity index is 1300. The van der Waals surface area contributed by atoms with Gasteiger partial charge >= 0.3 is 0 Å². The van der Waals surface area contributed by atoms with Crippen LogP contribution in [0.15, 0.2) is 36.4 Å². The van der Waals surface area contributed by atoms with Crippen molar-refractivity contribution in [3.05, 3.63) is 64.5 Å². The molecule has 35 heavy (non-hydrogen) atoms. The molecule has 3 aliphatic rings. The van der Waals surface area contributed by atoms with Gasteiger partial charge in [-0.1, -0.05) is 12.1 Å². The fourth-order valence-electron chi connectivity index (χ4n) is 4.91. The largest absolute Gasteiger partial charge is 0.366 e. The number of carbonyl (C=O) groups excluding carboxylic acids is 4. The number of piperazine rings is 1. The summed E-state index contributed by atoms with van der Waals surface area (Å²) in [7, 11) is 0. The molecule has 2 fully saturated rings. The third kappa shape index (κ3) is 3.99. The molecule has 0 radical (unpaired) electrons. The second-order valence-electron chi connectivity index (χ2n) is 8.80. The lowest BCUT2D eigenvalue weighted by molar-refractivity contribution is -0.136. The summed E-state index contributed by atoms with van der Waals surface area (Å²) in [6.45, 7) is 1.66. The standard InChI is InChI=1S/C25H22FN5O4/c26-19-12-18-16(14-31(25(18)35)20-5-6-22(32)28-23(20)33)11-21(19)29-7-9-30(10-8-29)24(34)17-4-2-1-3-15(17)13-27/h1-4,11-12,20H,5-10,14H2,(H,28,32,33). The fourth-order valence-corrected chi connectivity index (χ4v) is 4.91. The zero-order chi connectivity index (χ0) is 24.7. The van der Waals surface area contributed by atoms with Gasteiger partial charge in [-0.15, -0.1) is 0 Å². The topological polar surface area (TPSA) is 114 Å². The van der Waals surface area contributed by atoms with Crippen LogP contribution in [-0.4, -0.2) is 65.6 Å². The highest BCUT2D eigenvalue weighted by Gasteiger charge is 2.40. The summed E-state index contributed by atoms with van der Waals surface area (Å²) in [4.78, 5) is 54.3. The third-order valence-corrected chi connectivity index (χ3v) is 6.78. The molecule has 1 N–H and O–H groups in total. The van der Waals surface area contributed by atoms with Crippen LogP contribution in [0.2, 0.25) is 0 Å². The lowest BCUT2D eigenvalue weighted by Gasteiger charge is -2.36. The molecule has 9 nitrogen and oxygen atoms in total. The van der Waals surface area contributed by atoms with E-state index in [1.54, 1.807) is 35.2 Å². The highest BCUT2D eigenvalue weighted by atomic mass is 19.1. The Balaban J connectivity index is 1.30. The Morgan fingerprint density at radius 1 is 1.09 bits per heavy atom. The van der Waals surface area contributed by atoms with Gasteiger partial charge in [-0.25, -0.2) is 4.39 Å². The van der Waals surface area contributed by atoms with E-state index in [0.717, 1.165) is 0 Å². The maximum absolute atomic E-state index is 15.1. The molecule has 2 aromatic rings. The summed E-state index contributed by atoms with van der Waals surface area (Å²) in [6.07, 6.45) is 0.392. The first kappa shape index (κ1) is 22.5. The number of fused-ring (bicyclic) bond motifs is 1. The molecule has 3 aliphatic heterocycles. The van der Waals surface area contributed by atoms with Crippen molar-refractivity contribution in [2.24, 2.45) is 0 Å². The summed E-state index contributed by atoms with van der Waals surface area (Å²) in [5.74, 6) is -2.08. The molecule has 4 amide bonds. The van der Waals surface area contributed by atoms with E-state index in [9.17, 15) is 24.4 Å². The van der Waals surface area contributed by atoms with Crippen molar-refractivity contribution < 1.29 is 23.6 Å². The molecular weight excluding hydrogens is 453 g/mol. The van der Waals surface area contributed by atoms with Crippen LogP contribution >= 0.6 is 0 Å². The van der Waals surface area contributed by atoms with E-state index < -0.39 is 23.7 Å². The van der Waals surface area contributed by atoms with Gasteiger partial charge in [0.25, 0.3) is 11.8 Å². The number of amides is 4. The number of imide groups is 1. The molecule has 2 aromatic carbocycles. The number of nitrogens with zero attached hydrogens (tertiary/aromatic N) is 4. The van der Waals surface area contributed by atoms with Gasteiger partial charge < -0.3 is 14.7 Å². The lowest BCUT2D eigenvalue weighted by Crippen LogP contribution is -2.52. The van der Waals surface area contributed by atoms with Gasteiger partial charge in [0, 0.05) is 44.7 Å². The lowest BCUT2D eigenvalue weighted by atomic mass is 10.0. The Morgan fingerprint density at radius 2 is 1.83 bits per heavy atom. The van der Waals surface area contributed by atoms with Crippen molar-refractivity contribution in [3.8, 4) is 6.07 Å². The highest BCUT2D eigenvalue weighted by molar-refractivity contribution is 6.05. The first-order valence-corrected chi connectivity index (χ1v) is 11.4. The van der Waals surface area contributed by atoms with Gasteiger partial charge in [0.05, 0.1) is 22.9 Å². The van der Waals surface area contributed by atoms with Crippen molar-refractivity contribution in [2.75, 3.05) is 31.1 Å². The van der Waals surface area contributed by atoms with E-state index in [4.69, 9.17) is 0 Å². The normalized spacial score (nSPS) is 19.9. The minimum absolute atomic E-state index is 0.151. The van der Waals surface area contributed by atoms with Crippen LogP contribution < -0.4 is 10.2 Å². The number of hydrogen-bond donors (Lipinski definition) is 1. The number of carbonyl (C=O) groups is 4. The maximum atomic E-state index is 15.1. The molecule has 1 atom stereocenters. The molecule has 0 saturated carbocycles. The number of hydrogen-bond acceptors (Lipinski definition) is 6. The maximum Gasteiger partial charge on any atom is 0.255 e. The molecule has 178 valence electrons. The zero-order valence-electron chi connectivity index (χ0n) is 18.8. The van der Waals surface area contributed by atoms with E-state index >= 15 is 4.39 Å². The summed E-state index contributed by atoms with van der Waals surface area (Å²) < 4.78 is 15.1. The van der Waals surface area contributed by atoms with E-state index in [1.807, 2.05) is 11.0 Å². The van der Waals surface area contributed by atoms with Crippen molar-refractivity contribution in [1.29, 1.82) is 5.26 Å². The van der Waals surface area contributed by atoms with E-state index in [1.165, 1.54) is 11.0 Å². The van der Waals surface area contributed by atoms with Gasteiger partial charge in [0.1, 0.15) is 11.9 Å². The Labute approximate surface area is 200 Å². The third-order valence-electron chi connectivity index (χ3n) is 6.78. The number of piperidine rings is 1. The average molecular weight is 475 g/mol. The van der Waals surface area contributed by atoms with Crippen molar-refractivity contribution in [2.45, 2.75) is 25.4 Å². The summed E-state index contributed by atoms with van der Waals surface area (Å²) in [5.41, 5.74) is 1.84. The predicted molar refractivity (Wildman–Crippen MR) is 122 cm³/mol. The first-order valence-electron chi connectivity index (χ1n) is 11.4. The minimum Gasteiger partial charge on any atom is -0.366 e. The van der Waals surface area contributed by atoms with Crippen LogP contribution in [0.5, 0.6) is 0 Å². The minimum atomic E-state index is -0.759. The molecule has 1 unspecified atom stereocenters. The van der Waals surface area contributed by atoms with Crippen LogP contribution in [0, 0.1) is 17.1 Å². The number of benzene rings is 2. The number of nitriles is 1. The second kappa shape index (κ2) is 8.83. The van der Waals surface area contributed by atoms with E-state index in [-0.39, 0.29) is 36.8 Å². The molecule has 0 bridgehead atoms. The molecule has 3 heterocycles. The van der Waals surface area contributed by atoms with Crippen LogP contribution in [-0.2, 0) is 16.1 Å². The van der Waals surface area contributed by atoms with Gasteiger partial charge in [-0.2, -0.15) is 5.26 Å². The second-order valence-corrected chi connectivity index (χ2v) is 8.80. The molecule has 10 heteroatoms. The summed E-state index contributed by atoms with van der Waals surface area (Å²) in [6, 6.07) is 10.8. The number of rotatable bonds is 3. The quantitative estimate of drug-likeness (QED) is 0.672. The van der Waals surface area contributed by atoms with Crippen LogP contribution in [0.4, 0.5) is 10.1 Å². The van der Waals surface area contributed by atoms with Gasteiger partial charge in [-0.05, 0) is 36.2 Å². The predicted octanol–water partition coefficient (Wildman–Crippen LogP) is 1.42. The monoisotopic (exact) mass is 475 g/mol. The number of nitrogens with one attached hydrogen (secondary N) is 1. The average Bonchev–Trinajstić information content (AvgIpc) is 3.18. The first-order chi connectivity index (χ1) is 16.9. The van der Waals surface area contributed by atoms with Gasteiger partial charge in [-0.3, -0.25) is 24.5 Å². The van der Waals surface area contributed by atoms with Gasteiger partial charge in [0.15, 0.2) is 0 Å². The molecule has 2 saturated heterocycles.